The number of hydrogen-bond acceptors (Lipinski definition) is 5. The van der Waals surface area contributed by atoms with E-state index >= 15 is 0 Å². The number of rotatable bonds is 9. The highest BCUT2D eigenvalue weighted by atomic mass is 32.2. The van der Waals surface area contributed by atoms with Crippen molar-refractivity contribution in [2.75, 3.05) is 20.8 Å². The molecular weight excluding hydrogens is 404 g/mol. The van der Waals surface area contributed by atoms with E-state index < -0.39 is 10.0 Å². The average Bonchev–Trinajstić information content (AvgIpc) is 2.74. The lowest BCUT2D eigenvalue weighted by atomic mass is 10.1. The number of amides is 1. The summed E-state index contributed by atoms with van der Waals surface area (Å²) in [6.45, 7) is 4.49. The number of sulfonamides is 1. The van der Waals surface area contributed by atoms with Crippen molar-refractivity contribution in [1.29, 1.82) is 0 Å². The average molecular weight is 433 g/mol. The van der Waals surface area contributed by atoms with Crippen LogP contribution in [0.4, 0.5) is 0 Å². The van der Waals surface area contributed by atoms with Crippen molar-refractivity contribution in [3.63, 3.8) is 0 Å². The lowest BCUT2D eigenvalue weighted by molar-refractivity contribution is -0.126. The quantitative estimate of drug-likeness (QED) is 0.613. The van der Waals surface area contributed by atoms with Crippen LogP contribution in [0.2, 0.25) is 0 Å². The van der Waals surface area contributed by atoms with Gasteiger partial charge in [0.15, 0.2) is 11.5 Å². The second-order valence-electron chi connectivity index (χ2n) is 6.83. The van der Waals surface area contributed by atoms with E-state index in [0.717, 1.165) is 17.5 Å². The van der Waals surface area contributed by atoms with Crippen molar-refractivity contribution in [1.82, 2.24) is 4.90 Å². The maximum Gasteiger partial charge on any atom is 0.246 e. The molecule has 0 aromatic heterocycles. The van der Waals surface area contributed by atoms with E-state index in [0.29, 0.717) is 18.1 Å². The number of nitrogens with two attached hydrogens (primary N) is 1. The Bertz CT molecular complexity index is 1000. The largest absolute Gasteiger partial charge is 0.493 e. The van der Waals surface area contributed by atoms with E-state index in [4.69, 9.17) is 14.6 Å². The fraction of sp³-hybridized carbons (Fsp3) is 0.318. The van der Waals surface area contributed by atoms with Crippen molar-refractivity contribution in [2.45, 2.75) is 31.2 Å². The molecule has 0 saturated heterocycles. The highest BCUT2D eigenvalue weighted by molar-refractivity contribution is 7.89. The van der Waals surface area contributed by atoms with Crippen LogP contribution in [0.15, 0.2) is 53.4 Å². The third kappa shape index (κ3) is 6.08. The van der Waals surface area contributed by atoms with Crippen molar-refractivity contribution < 1.29 is 22.7 Å². The summed E-state index contributed by atoms with van der Waals surface area (Å²) in [7, 11) is -0.486. The number of likely N-dealkylation sites (N-methyl/N-ethyl adjacent to an activating group) is 1. The second-order valence-corrected chi connectivity index (χ2v) is 8.39. The molecular formula is C22H28N2O5S. The van der Waals surface area contributed by atoms with Crippen molar-refractivity contribution in [3.8, 4) is 11.5 Å². The third-order valence-electron chi connectivity index (χ3n) is 4.69. The molecule has 8 heteroatoms. The van der Waals surface area contributed by atoms with Gasteiger partial charge in [-0.1, -0.05) is 25.1 Å². The van der Waals surface area contributed by atoms with Crippen molar-refractivity contribution in [2.24, 2.45) is 5.14 Å². The first kappa shape index (κ1) is 23.4. The molecule has 7 nitrogen and oxygen atoms in total. The lowest BCUT2D eigenvalue weighted by Crippen LogP contribution is -2.28. The molecule has 0 aliphatic heterocycles. The zero-order chi connectivity index (χ0) is 22.3. The van der Waals surface area contributed by atoms with Crippen molar-refractivity contribution in [3.05, 3.63) is 59.7 Å². The predicted octanol–water partition coefficient (Wildman–Crippen LogP) is 3.36. The number of hydrogen-bond donors (Lipinski definition) is 1. The number of carbonyl (C=O) groups is 1. The third-order valence-corrected chi connectivity index (χ3v) is 5.62. The first-order valence-electron chi connectivity index (χ1n) is 9.55. The number of benzene rings is 2. The molecule has 1 atom stereocenters. The zero-order valence-electron chi connectivity index (χ0n) is 17.7. The Kier molecular flexibility index (Phi) is 8.02. The Morgan fingerprint density at radius 3 is 2.40 bits per heavy atom. The normalized spacial score (nSPS) is 12.6. The van der Waals surface area contributed by atoms with Gasteiger partial charge in [-0.05, 0) is 54.8 Å². The lowest BCUT2D eigenvalue weighted by Gasteiger charge is -2.24. The van der Waals surface area contributed by atoms with Gasteiger partial charge in [0, 0.05) is 13.1 Å². The van der Waals surface area contributed by atoms with Crippen LogP contribution in [0, 0.1) is 0 Å². The fourth-order valence-electron chi connectivity index (χ4n) is 2.75. The zero-order valence-corrected chi connectivity index (χ0v) is 18.5. The summed E-state index contributed by atoms with van der Waals surface area (Å²) in [4.78, 5) is 14.2. The predicted molar refractivity (Wildman–Crippen MR) is 117 cm³/mol. The first-order valence-corrected chi connectivity index (χ1v) is 11.1. The fourth-order valence-corrected chi connectivity index (χ4v) is 3.27. The van der Waals surface area contributed by atoms with Gasteiger partial charge in [-0.25, -0.2) is 13.6 Å². The van der Waals surface area contributed by atoms with E-state index in [-0.39, 0.29) is 16.8 Å². The number of nitrogens with zero attached hydrogens (tertiary/aromatic N) is 1. The molecule has 0 radical (unpaired) electrons. The molecule has 1 unspecified atom stereocenters. The molecule has 0 fully saturated rings. The minimum Gasteiger partial charge on any atom is -0.493 e. The van der Waals surface area contributed by atoms with Gasteiger partial charge in [0.25, 0.3) is 0 Å². The maximum absolute atomic E-state index is 12.6. The van der Waals surface area contributed by atoms with Gasteiger partial charge in [-0.2, -0.15) is 0 Å². The van der Waals surface area contributed by atoms with E-state index in [1.165, 1.54) is 18.2 Å². The molecule has 0 heterocycles. The van der Waals surface area contributed by atoms with E-state index in [1.807, 2.05) is 32.0 Å². The van der Waals surface area contributed by atoms with Crippen LogP contribution in [0.5, 0.6) is 11.5 Å². The smallest absolute Gasteiger partial charge is 0.246 e. The topological polar surface area (TPSA) is 98.9 Å². The second kappa shape index (κ2) is 10.3. The highest BCUT2D eigenvalue weighted by Crippen LogP contribution is 2.29. The summed E-state index contributed by atoms with van der Waals surface area (Å²) in [6, 6.07) is 11.4. The molecule has 0 aliphatic carbocycles. The van der Waals surface area contributed by atoms with Crippen LogP contribution in [0.25, 0.3) is 6.08 Å². The Hall–Kier alpha value is -2.84. The number of ether oxygens (including phenoxy) is 2. The molecule has 30 heavy (non-hydrogen) atoms. The Labute approximate surface area is 178 Å². The molecule has 162 valence electrons. The van der Waals surface area contributed by atoms with Crippen LogP contribution in [-0.4, -0.2) is 40.0 Å². The van der Waals surface area contributed by atoms with E-state index in [9.17, 15) is 13.2 Å². The summed E-state index contributed by atoms with van der Waals surface area (Å²) < 4.78 is 33.8. The molecule has 0 saturated carbocycles. The Morgan fingerprint density at radius 2 is 1.83 bits per heavy atom. The van der Waals surface area contributed by atoms with Gasteiger partial charge >= 0.3 is 0 Å². The summed E-state index contributed by atoms with van der Waals surface area (Å²) in [6.07, 6.45) is 4.09. The van der Waals surface area contributed by atoms with Gasteiger partial charge in [0.1, 0.15) is 0 Å². The van der Waals surface area contributed by atoms with Gasteiger partial charge < -0.3 is 14.4 Å². The molecule has 2 aromatic carbocycles. The Morgan fingerprint density at radius 1 is 1.17 bits per heavy atom. The number of primary sulfonamides is 1. The molecule has 2 N–H and O–H groups in total. The number of carbonyl (C=O) groups excluding carboxylic acids is 1. The van der Waals surface area contributed by atoms with E-state index in [2.05, 4.69) is 0 Å². The van der Waals surface area contributed by atoms with Crippen LogP contribution >= 0.6 is 0 Å². The molecule has 1 amide bonds. The Balaban J connectivity index is 2.10. The summed E-state index contributed by atoms with van der Waals surface area (Å²) in [5.74, 6) is 1.08. The minimum absolute atomic E-state index is 0.0348. The minimum atomic E-state index is -3.75. The number of methoxy groups -OCH3 is 1. The maximum atomic E-state index is 12.6. The van der Waals surface area contributed by atoms with Gasteiger partial charge in [-0.3, -0.25) is 4.79 Å². The molecule has 0 spiro atoms. The van der Waals surface area contributed by atoms with Crippen molar-refractivity contribution >= 4 is 22.0 Å². The monoisotopic (exact) mass is 432 g/mol. The SMILES string of the molecule is CCCOc1ccc(/C=C/C(=O)N(C)C(C)c2ccc(S(N)(=O)=O)cc2)cc1OC. The molecule has 2 aromatic rings. The molecule has 0 bridgehead atoms. The summed E-state index contributed by atoms with van der Waals surface area (Å²) in [5, 5.41) is 5.12. The van der Waals surface area contributed by atoms with Gasteiger partial charge in [-0.15, -0.1) is 0 Å². The van der Waals surface area contributed by atoms with Crippen LogP contribution in [0.1, 0.15) is 37.4 Å². The first-order chi connectivity index (χ1) is 14.2. The van der Waals surface area contributed by atoms with Crippen LogP contribution in [-0.2, 0) is 14.8 Å². The highest BCUT2D eigenvalue weighted by Gasteiger charge is 2.16. The van der Waals surface area contributed by atoms with Crippen LogP contribution in [0.3, 0.4) is 0 Å². The van der Waals surface area contributed by atoms with Gasteiger partial charge in [0.2, 0.25) is 15.9 Å². The van der Waals surface area contributed by atoms with E-state index in [1.54, 1.807) is 37.3 Å². The van der Waals surface area contributed by atoms with Gasteiger partial charge in [0.05, 0.1) is 24.7 Å². The van der Waals surface area contributed by atoms with Crippen LogP contribution < -0.4 is 14.6 Å². The molecule has 0 aliphatic rings. The molecule has 2 rings (SSSR count). The summed E-state index contributed by atoms with van der Waals surface area (Å²) >= 11 is 0. The standard InChI is InChI=1S/C22H28N2O5S/c1-5-14-29-20-12-6-17(15-21(20)28-4)7-13-22(25)24(3)16(2)18-8-10-19(11-9-18)30(23,26)27/h6-13,15-16H,5,14H2,1-4H3,(H2,23,26,27)/b13-7+. The summed E-state index contributed by atoms with van der Waals surface area (Å²) in [5.41, 5.74) is 1.60.